The van der Waals surface area contributed by atoms with Gasteiger partial charge in [-0.25, -0.2) is 4.79 Å². The fraction of sp³-hybridized carbons (Fsp3) is 0.214. The van der Waals surface area contributed by atoms with E-state index in [-0.39, 0.29) is 5.76 Å². The first-order valence-electron chi connectivity index (χ1n) is 5.50. The number of benzene rings is 1. The summed E-state index contributed by atoms with van der Waals surface area (Å²) < 4.78 is 4.98. The summed E-state index contributed by atoms with van der Waals surface area (Å²) in [6, 6.07) is 9.55. The summed E-state index contributed by atoms with van der Waals surface area (Å²) in [6.07, 6.45) is 1.40. The molecule has 88 valence electrons. The van der Waals surface area contributed by atoms with E-state index in [1.807, 2.05) is 24.3 Å². The van der Waals surface area contributed by atoms with Gasteiger partial charge in [0.05, 0.1) is 6.26 Å². The van der Waals surface area contributed by atoms with Gasteiger partial charge in [0.2, 0.25) is 5.76 Å². The smallest absolute Gasteiger partial charge is 0.372 e. The van der Waals surface area contributed by atoms with Gasteiger partial charge in [0.25, 0.3) is 0 Å². The minimum Gasteiger partial charge on any atom is -0.475 e. The first kappa shape index (κ1) is 11.5. The van der Waals surface area contributed by atoms with Crippen LogP contribution in [-0.4, -0.2) is 11.1 Å². The Labute approximate surface area is 99.7 Å². The molecule has 0 bridgehead atoms. The summed E-state index contributed by atoms with van der Waals surface area (Å²) >= 11 is 0. The average Bonchev–Trinajstić information content (AvgIpc) is 2.78. The van der Waals surface area contributed by atoms with Crippen LogP contribution >= 0.6 is 0 Å². The van der Waals surface area contributed by atoms with Crippen molar-refractivity contribution < 1.29 is 14.3 Å². The zero-order valence-corrected chi connectivity index (χ0v) is 9.81. The second kappa shape index (κ2) is 4.45. The quantitative estimate of drug-likeness (QED) is 0.873. The predicted octanol–water partition coefficient (Wildman–Crippen LogP) is 3.77. The molecule has 1 aromatic heterocycles. The lowest BCUT2D eigenvalue weighted by Crippen LogP contribution is -1.96. The first-order valence-corrected chi connectivity index (χ1v) is 5.50. The van der Waals surface area contributed by atoms with Crippen molar-refractivity contribution in [1.29, 1.82) is 0 Å². The van der Waals surface area contributed by atoms with Gasteiger partial charge in [0.15, 0.2) is 0 Å². The first-order chi connectivity index (χ1) is 8.09. The lowest BCUT2D eigenvalue weighted by atomic mass is 9.98. The van der Waals surface area contributed by atoms with E-state index in [4.69, 9.17) is 9.52 Å². The van der Waals surface area contributed by atoms with Gasteiger partial charge in [-0.3, -0.25) is 0 Å². The average molecular weight is 230 g/mol. The van der Waals surface area contributed by atoms with Crippen molar-refractivity contribution in [3.63, 3.8) is 0 Å². The topological polar surface area (TPSA) is 50.4 Å². The molecule has 1 N–H and O–H groups in total. The van der Waals surface area contributed by atoms with Crippen molar-refractivity contribution in [2.24, 2.45) is 0 Å². The number of hydrogen-bond acceptors (Lipinski definition) is 2. The molecule has 0 unspecified atom stereocenters. The molecule has 0 aliphatic rings. The maximum atomic E-state index is 11.0. The van der Waals surface area contributed by atoms with Crippen LogP contribution in [0.5, 0.6) is 0 Å². The Morgan fingerprint density at radius 3 is 2.71 bits per heavy atom. The molecule has 1 heterocycles. The van der Waals surface area contributed by atoms with E-state index in [9.17, 15) is 4.79 Å². The van der Waals surface area contributed by atoms with Gasteiger partial charge < -0.3 is 9.52 Å². The maximum Gasteiger partial charge on any atom is 0.372 e. The number of carboxylic acid groups (broad SMARTS) is 1. The Balaban J connectivity index is 2.49. The summed E-state index contributed by atoms with van der Waals surface area (Å²) in [5, 5.41) is 9.00. The monoisotopic (exact) mass is 230 g/mol. The third-order valence-corrected chi connectivity index (χ3v) is 2.72. The molecule has 0 saturated carbocycles. The van der Waals surface area contributed by atoms with E-state index in [1.165, 1.54) is 11.8 Å². The number of carbonyl (C=O) groups is 1. The molecule has 1 aromatic carbocycles. The highest BCUT2D eigenvalue weighted by Crippen LogP contribution is 2.27. The van der Waals surface area contributed by atoms with Crippen LogP contribution in [0.2, 0.25) is 0 Å². The van der Waals surface area contributed by atoms with Crippen LogP contribution in [0.15, 0.2) is 41.0 Å². The van der Waals surface area contributed by atoms with Crippen LogP contribution in [-0.2, 0) is 0 Å². The SMILES string of the molecule is CC(C)c1cccc(-c2ccoc2C(=O)O)c1. The Morgan fingerprint density at radius 1 is 1.29 bits per heavy atom. The second-order valence-corrected chi connectivity index (χ2v) is 4.25. The lowest BCUT2D eigenvalue weighted by molar-refractivity contribution is 0.0663. The molecule has 2 aromatic rings. The van der Waals surface area contributed by atoms with E-state index in [0.29, 0.717) is 11.5 Å². The zero-order valence-electron chi connectivity index (χ0n) is 9.81. The van der Waals surface area contributed by atoms with Gasteiger partial charge >= 0.3 is 5.97 Å². The minimum atomic E-state index is -1.04. The third kappa shape index (κ3) is 2.23. The van der Waals surface area contributed by atoms with Crippen molar-refractivity contribution in [1.82, 2.24) is 0 Å². The van der Waals surface area contributed by atoms with Gasteiger partial charge in [0, 0.05) is 5.56 Å². The Bertz CT molecular complexity index is 538. The molecule has 0 aliphatic carbocycles. The molecule has 0 radical (unpaired) electrons. The molecule has 0 spiro atoms. The minimum absolute atomic E-state index is 0.00842. The molecule has 0 amide bonds. The molecule has 2 rings (SSSR count). The molecule has 3 nitrogen and oxygen atoms in total. The number of aromatic carboxylic acids is 1. The summed E-state index contributed by atoms with van der Waals surface area (Å²) in [6.45, 7) is 4.21. The van der Waals surface area contributed by atoms with E-state index in [1.54, 1.807) is 6.07 Å². The van der Waals surface area contributed by atoms with Crippen molar-refractivity contribution in [3.05, 3.63) is 47.9 Å². The lowest BCUT2D eigenvalue weighted by Gasteiger charge is -2.07. The molecule has 0 fully saturated rings. The Morgan fingerprint density at radius 2 is 2.06 bits per heavy atom. The molecule has 0 saturated heterocycles. The van der Waals surface area contributed by atoms with Gasteiger partial charge in [-0.2, -0.15) is 0 Å². The number of carboxylic acids is 1. The molecule has 0 aliphatic heterocycles. The van der Waals surface area contributed by atoms with Crippen LogP contribution in [0.25, 0.3) is 11.1 Å². The van der Waals surface area contributed by atoms with Crippen molar-refractivity contribution in [2.75, 3.05) is 0 Å². The van der Waals surface area contributed by atoms with E-state index >= 15 is 0 Å². The summed E-state index contributed by atoms with van der Waals surface area (Å²) in [5.41, 5.74) is 2.68. The second-order valence-electron chi connectivity index (χ2n) is 4.25. The van der Waals surface area contributed by atoms with Crippen LogP contribution in [0, 0.1) is 0 Å². The number of furan rings is 1. The summed E-state index contributed by atoms with van der Waals surface area (Å²) in [4.78, 5) is 11.0. The maximum absolute atomic E-state index is 11.0. The Kier molecular flexibility index (Phi) is 3.00. The van der Waals surface area contributed by atoms with Gasteiger partial charge in [-0.15, -0.1) is 0 Å². The highest BCUT2D eigenvalue weighted by molar-refractivity contribution is 5.93. The van der Waals surface area contributed by atoms with E-state index in [0.717, 1.165) is 5.56 Å². The summed E-state index contributed by atoms with van der Waals surface area (Å²) in [7, 11) is 0. The normalized spacial score (nSPS) is 10.8. The molecular formula is C14H14O3. The highest BCUT2D eigenvalue weighted by atomic mass is 16.4. The van der Waals surface area contributed by atoms with Crippen LogP contribution in [0.4, 0.5) is 0 Å². The Hall–Kier alpha value is -2.03. The van der Waals surface area contributed by atoms with Crippen LogP contribution in [0.1, 0.15) is 35.9 Å². The van der Waals surface area contributed by atoms with Crippen molar-refractivity contribution in [3.8, 4) is 11.1 Å². The number of rotatable bonds is 3. The number of hydrogen-bond donors (Lipinski definition) is 1. The van der Waals surface area contributed by atoms with Crippen molar-refractivity contribution in [2.45, 2.75) is 19.8 Å². The zero-order chi connectivity index (χ0) is 12.4. The van der Waals surface area contributed by atoms with Crippen LogP contribution in [0.3, 0.4) is 0 Å². The molecule has 0 atom stereocenters. The molecular weight excluding hydrogens is 216 g/mol. The third-order valence-electron chi connectivity index (χ3n) is 2.72. The van der Waals surface area contributed by atoms with Gasteiger partial charge in [-0.1, -0.05) is 38.1 Å². The molecule has 3 heteroatoms. The largest absolute Gasteiger partial charge is 0.475 e. The van der Waals surface area contributed by atoms with Gasteiger partial charge in [-0.05, 0) is 23.1 Å². The van der Waals surface area contributed by atoms with E-state index < -0.39 is 5.97 Å². The van der Waals surface area contributed by atoms with Gasteiger partial charge in [0.1, 0.15) is 0 Å². The fourth-order valence-corrected chi connectivity index (χ4v) is 1.77. The molecule has 17 heavy (non-hydrogen) atoms. The van der Waals surface area contributed by atoms with E-state index in [2.05, 4.69) is 13.8 Å². The highest BCUT2D eigenvalue weighted by Gasteiger charge is 2.15. The predicted molar refractivity (Wildman–Crippen MR) is 65.2 cm³/mol. The van der Waals surface area contributed by atoms with Crippen molar-refractivity contribution >= 4 is 5.97 Å². The fourth-order valence-electron chi connectivity index (χ4n) is 1.77. The standard InChI is InChI=1S/C14H14O3/c1-9(2)10-4-3-5-11(8-10)12-6-7-17-13(12)14(15)16/h3-9H,1-2H3,(H,15,16). The summed E-state index contributed by atoms with van der Waals surface area (Å²) in [5.74, 6) is -0.638. The van der Waals surface area contributed by atoms with Crippen LogP contribution < -0.4 is 0 Å².